The van der Waals surface area contributed by atoms with Crippen molar-refractivity contribution in [1.82, 2.24) is 4.98 Å². The number of fused-ring (bicyclic) bond motifs is 1. The van der Waals surface area contributed by atoms with Crippen molar-refractivity contribution in [2.75, 3.05) is 29.4 Å². The predicted octanol–water partition coefficient (Wildman–Crippen LogP) is 2.88. The molecule has 1 amide bonds. The first-order chi connectivity index (χ1) is 10.8. The molecule has 3 heterocycles. The minimum atomic E-state index is 0.00555. The van der Waals surface area contributed by atoms with E-state index in [0.717, 1.165) is 37.4 Å². The highest BCUT2D eigenvalue weighted by molar-refractivity contribution is 6.06. The lowest BCUT2D eigenvalue weighted by molar-refractivity contribution is 0.0984. The van der Waals surface area contributed by atoms with Crippen LogP contribution in [-0.2, 0) is 6.42 Å². The first-order valence-corrected chi connectivity index (χ1v) is 7.94. The molecule has 2 aliphatic rings. The largest absolute Gasteiger partial charge is 0.371 e. The summed E-state index contributed by atoms with van der Waals surface area (Å²) in [5, 5.41) is 0. The number of amides is 1. The molecule has 4 nitrogen and oxygen atoms in total. The Morgan fingerprint density at radius 1 is 1.05 bits per heavy atom. The topological polar surface area (TPSA) is 36.4 Å². The van der Waals surface area contributed by atoms with E-state index in [2.05, 4.69) is 16.0 Å². The Balaban J connectivity index is 1.62. The molecule has 1 fully saturated rings. The highest BCUT2D eigenvalue weighted by Crippen LogP contribution is 2.29. The van der Waals surface area contributed by atoms with Gasteiger partial charge in [0.25, 0.3) is 5.91 Å². The molecule has 1 aromatic heterocycles. The Labute approximate surface area is 130 Å². The fraction of sp³-hybridized carbons (Fsp3) is 0.333. The third-order valence-corrected chi connectivity index (χ3v) is 4.57. The molecule has 1 aromatic carbocycles. The van der Waals surface area contributed by atoms with Crippen LogP contribution >= 0.6 is 0 Å². The summed E-state index contributed by atoms with van der Waals surface area (Å²) in [5.74, 6) is 0.00555. The molecule has 2 aliphatic heterocycles. The van der Waals surface area contributed by atoms with Gasteiger partial charge in [0, 0.05) is 37.2 Å². The summed E-state index contributed by atoms with van der Waals surface area (Å²) in [7, 11) is 0. The van der Waals surface area contributed by atoms with Gasteiger partial charge < -0.3 is 9.80 Å². The van der Waals surface area contributed by atoms with Crippen LogP contribution in [0, 0.1) is 0 Å². The molecule has 0 spiro atoms. The Morgan fingerprint density at radius 3 is 2.73 bits per heavy atom. The maximum absolute atomic E-state index is 12.8. The maximum atomic E-state index is 12.8. The molecule has 2 aromatic rings. The number of pyridine rings is 1. The van der Waals surface area contributed by atoms with Crippen LogP contribution < -0.4 is 9.80 Å². The monoisotopic (exact) mass is 293 g/mol. The molecule has 4 rings (SSSR count). The summed E-state index contributed by atoms with van der Waals surface area (Å²) in [4.78, 5) is 21.3. The molecule has 4 heteroatoms. The van der Waals surface area contributed by atoms with Gasteiger partial charge in [-0.25, -0.2) is 0 Å². The van der Waals surface area contributed by atoms with Gasteiger partial charge in [-0.1, -0.05) is 18.2 Å². The van der Waals surface area contributed by atoms with Gasteiger partial charge in [0.1, 0.15) is 5.69 Å². The minimum absolute atomic E-state index is 0.00555. The second kappa shape index (κ2) is 5.44. The van der Waals surface area contributed by atoms with E-state index in [1.54, 1.807) is 6.20 Å². The number of anilines is 2. The van der Waals surface area contributed by atoms with Crippen LogP contribution in [-0.4, -0.2) is 30.5 Å². The summed E-state index contributed by atoms with van der Waals surface area (Å²) in [6.45, 7) is 2.89. The third-order valence-electron chi connectivity index (χ3n) is 4.57. The Morgan fingerprint density at radius 2 is 1.86 bits per heavy atom. The molecule has 0 unspecified atom stereocenters. The first kappa shape index (κ1) is 13.3. The van der Waals surface area contributed by atoms with Gasteiger partial charge in [0.05, 0.1) is 0 Å². The van der Waals surface area contributed by atoms with Crippen molar-refractivity contribution in [3.05, 3.63) is 53.9 Å². The van der Waals surface area contributed by atoms with E-state index in [4.69, 9.17) is 0 Å². The molecule has 1 saturated heterocycles. The van der Waals surface area contributed by atoms with Crippen LogP contribution in [0.5, 0.6) is 0 Å². The SMILES string of the molecule is O=C(c1cc(N2CCCC2)ccn1)N1CCc2ccccc21. The summed E-state index contributed by atoms with van der Waals surface area (Å²) in [6, 6.07) is 12.1. The van der Waals surface area contributed by atoms with Crippen molar-refractivity contribution in [3.63, 3.8) is 0 Å². The van der Waals surface area contributed by atoms with Gasteiger partial charge in [-0.05, 0) is 43.0 Å². The fourth-order valence-electron chi connectivity index (χ4n) is 3.40. The quantitative estimate of drug-likeness (QED) is 0.854. The second-order valence-corrected chi connectivity index (χ2v) is 5.93. The average Bonchev–Trinajstić information content (AvgIpc) is 3.24. The van der Waals surface area contributed by atoms with Crippen LogP contribution in [0.3, 0.4) is 0 Å². The number of carbonyl (C=O) groups excluding carboxylic acids is 1. The lowest BCUT2D eigenvalue weighted by atomic mass is 10.2. The molecule has 0 saturated carbocycles. The van der Waals surface area contributed by atoms with E-state index < -0.39 is 0 Å². The average molecular weight is 293 g/mol. The molecule has 0 radical (unpaired) electrons. The van der Waals surface area contributed by atoms with Crippen molar-refractivity contribution in [1.29, 1.82) is 0 Å². The van der Waals surface area contributed by atoms with E-state index in [1.165, 1.54) is 18.4 Å². The number of aromatic nitrogens is 1. The van der Waals surface area contributed by atoms with Crippen LogP contribution in [0.15, 0.2) is 42.6 Å². The summed E-state index contributed by atoms with van der Waals surface area (Å²) in [6.07, 6.45) is 5.13. The summed E-state index contributed by atoms with van der Waals surface area (Å²) < 4.78 is 0. The van der Waals surface area contributed by atoms with E-state index >= 15 is 0 Å². The summed E-state index contributed by atoms with van der Waals surface area (Å²) in [5.41, 5.74) is 3.93. The van der Waals surface area contributed by atoms with Gasteiger partial charge in [-0.2, -0.15) is 0 Å². The number of para-hydroxylation sites is 1. The molecule has 0 bridgehead atoms. The van der Waals surface area contributed by atoms with Crippen LogP contribution in [0.2, 0.25) is 0 Å². The van der Waals surface area contributed by atoms with E-state index in [0.29, 0.717) is 5.69 Å². The molecule has 0 N–H and O–H groups in total. The zero-order chi connectivity index (χ0) is 14.9. The molecule has 22 heavy (non-hydrogen) atoms. The lowest BCUT2D eigenvalue weighted by Gasteiger charge is -2.20. The third kappa shape index (κ3) is 2.25. The number of hydrogen-bond donors (Lipinski definition) is 0. The van der Waals surface area contributed by atoms with Gasteiger partial charge >= 0.3 is 0 Å². The Kier molecular flexibility index (Phi) is 3.29. The highest BCUT2D eigenvalue weighted by Gasteiger charge is 2.26. The lowest BCUT2D eigenvalue weighted by Crippen LogP contribution is -2.30. The zero-order valence-electron chi connectivity index (χ0n) is 12.5. The van der Waals surface area contributed by atoms with Crippen molar-refractivity contribution < 1.29 is 4.79 Å². The second-order valence-electron chi connectivity index (χ2n) is 5.93. The fourth-order valence-corrected chi connectivity index (χ4v) is 3.40. The molecule has 0 atom stereocenters. The predicted molar refractivity (Wildman–Crippen MR) is 87.5 cm³/mol. The highest BCUT2D eigenvalue weighted by atomic mass is 16.2. The van der Waals surface area contributed by atoms with Crippen molar-refractivity contribution in [3.8, 4) is 0 Å². The maximum Gasteiger partial charge on any atom is 0.276 e. The molecule has 0 aliphatic carbocycles. The van der Waals surface area contributed by atoms with Gasteiger partial charge in [0.2, 0.25) is 0 Å². The van der Waals surface area contributed by atoms with Gasteiger partial charge in [0.15, 0.2) is 0 Å². The Bertz CT molecular complexity index is 707. The minimum Gasteiger partial charge on any atom is -0.371 e. The smallest absolute Gasteiger partial charge is 0.276 e. The van der Waals surface area contributed by atoms with Gasteiger partial charge in [-0.15, -0.1) is 0 Å². The molecular formula is C18H19N3O. The van der Waals surface area contributed by atoms with Gasteiger partial charge in [-0.3, -0.25) is 9.78 Å². The van der Waals surface area contributed by atoms with E-state index in [9.17, 15) is 4.79 Å². The first-order valence-electron chi connectivity index (χ1n) is 7.94. The number of carbonyl (C=O) groups is 1. The number of rotatable bonds is 2. The Hall–Kier alpha value is -2.36. The van der Waals surface area contributed by atoms with Crippen LogP contribution in [0.4, 0.5) is 11.4 Å². The van der Waals surface area contributed by atoms with Crippen molar-refractivity contribution in [2.45, 2.75) is 19.3 Å². The van der Waals surface area contributed by atoms with Crippen LogP contribution in [0.1, 0.15) is 28.9 Å². The van der Waals surface area contributed by atoms with E-state index in [-0.39, 0.29) is 5.91 Å². The molecular weight excluding hydrogens is 274 g/mol. The van der Waals surface area contributed by atoms with Crippen LogP contribution in [0.25, 0.3) is 0 Å². The van der Waals surface area contributed by atoms with Crippen molar-refractivity contribution in [2.24, 2.45) is 0 Å². The number of hydrogen-bond acceptors (Lipinski definition) is 3. The summed E-state index contributed by atoms with van der Waals surface area (Å²) >= 11 is 0. The number of nitrogens with zero attached hydrogens (tertiary/aromatic N) is 3. The van der Waals surface area contributed by atoms with E-state index in [1.807, 2.05) is 35.2 Å². The zero-order valence-corrected chi connectivity index (χ0v) is 12.5. The van der Waals surface area contributed by atoms with Crippen molar-refractivity contribution >= 4 is 17.3 Å². The standard InChI is InChI=1S/C18H19N3O/c22-18(21-12-8-14-5-1-2-6-17(14)21)16-13-15(7-9-19-16)20-10-3-4-11-20/h1-2,5-7,9,13H,3-4,8,10-12H2. The normalized spacial score (nSPS) is 16.9. The molecule has 112 valence electrons. The number of benzene rings is 1.